The first kappa shape index (κ1) is 15.7. The fourth-order valence-electron chi connectivity index (χ4n) is 2.15. The molecular weight excluding hydrogens is 438 g/mol. The first-order valence-corrected chi connectivity index (χ1v) is 10.4. The third kappa shape index (κ3) is 3.42. The number of halogens is 2. The molecule has 1 aliphatic rings. The minimum Gasteiger partial charge on any atom is -0.207 e. The van der Waals surface area contributed by atoms with E-state index >= 15 is 0 Å². The Balaban J connectivity index is 1.97. The Morgan fingerprint density at radius 3 is 2.57 bits per heavy atom. The number of nitrogens with zero attached hydrogens (tertiary/aromatic N) is 1. The monoisotopic (exact) mass is 449 g/mol. The van der Waals surface area contributed by atoms with Crippen LogP contribution in [-0.4, -0.2) is 18.8 Å². The van der Waals surface area contributed by atoms with E-state index in [-0.39, 0.29) is 6.04 Å². The third-order valence-electron chi connectivity index (χ3n) is 3.35. The molecule has 0 amide bonds. The number of sulfonamides is 1. The zero-order valence-corrected chi connectivity index (χ0v) is 15.8. The normalized spacial score (nSPS) is 15.6. The van der Waals surface area contributed by atoms with Gasteiger partial charge in [0.05, 0.1) is 4.90 Å². The predicted molar refractivity (Wildman–Crippen MR) is 91.9 cm³/mol. The molecule has 1 aliphatic carbocycles. The van der Waals surface area contributed by atoms with Gasteiger partial charge in [0.15, 0.2) is 0 Å². The standard InChI is InChI=1S/C14H13Br2NO2S2/c15-11-1-4-14(13(16)7-11)21(18,19)17(12-2-3-12)8-10-5-6-20-9-10/h1,4-7,9,12H,2-3,8H2. The first-order valence-electron chi connectivity index (χ1n) is 6.46. The molecule has 0 saturated heterocycles. The maximum atomic E-state index is 13.0. The molecule has 1 heterocycles. The SMILES string of the molecule is O=S(=O)(c1ccc(Br)cc1Br)N(Cc1ccsc1)C1CC1. The van der Waals surface area contributed by atoms with Gasteiger partial charge in [0.1, 0.15) is 0 Å². The minimum absolute atomic E-state index is 0.130. The largest absolute Gasteiger partial charge is 0.244 e. The van der Waals surface area contributed by atoms with Gasteiger partial charge < -0.3 is 0 Å². The van der Waals surface area contributed by atoms with Gasteiger partial charge in [-0.2, -0.15) is 15.6 Å². The number of benzene rings is 1. The lowest BCUT2D eigenvalue weighted by Crippen LogP contribution is -2.32. The Bertz CT molecular complexity index is 740. The molecule has 21 heavy (non-hydrogen) atoms. The molecule has 2 aromatic rings. The summed E-state index contributed by atoms with van der Waals surface area (Å²) in [6, 6.07) is 7.28. The van der Waals surface area contributed by atoms with Gasteiger partial charge in [-0.1, -0.05) is 15.9 Å². The third-order valence-corrected chi connectivity index (χ3v) is 7.45. The summed E-state index contributed by atoms with van der Waals surface area (Å²) in [4.78, 5) is 0.327. The van der Waals surface area contributed by atoms with Crippen molar-refractivity contribution in [3.63, 3.8) is 0 Å². The first-order chi connectivity index (χ1) is 9.98. The second-order valence-electron chi connectivity index (χ2n) is 4.99. The maximum absolute atomic E-state index is 13.0. The van der Waals surface area contributed by atoms with Crippen LogP contribution in [0, 0.1) is 0 Å². The molecule has 0 spiro atoms. The number of rotatable bonds is 5. The molecule has 7 heteroatoms. The van der Waals surface area contributed by atoms with Crippen LogP contribution in [0.25, 0.3) is 0 Å². The Hall–Kier alpha value is -0.210. The van der Waals surface area contributed by atoms with Crippen LogP contribution in [0.4, 0.5) is 0 Å². The summed E-state index contributed by atoms with van der Waals surface area (Å²) in [5.41, 5.74) is 1.05. The van der Waals surface area contributed by atoms with Gasteiger partial charge in [-0.05, 0) is 69.4 Å². The molecule has 1 aromatic heterocycles. The molecule has 0 N–H and O–H groups in total. The van der Waals surface area contributed by atoms with Crippen molar-refractivity contribution in [2.24, 2.45) is 0 Å². The minimum atomic E-state index is -3.49. The van der Waals surface area contributed by atoms with E-state index < -0.39 is 10.0 Å². The lowest BCUT2D eigenvalue weighted by Gasteiger charge is -2.22. The summed E-state index contributed by atoms with van der Waals surface area (Å²) in [5.74, 6) is 0. The summed E-state index contributed by atoms with van der Waals surface area (Å²) >= 11 is 8.31. The summed E-state index contributed by atoms with van der Waals surface area (Å²) < 4.78 is 29.0. The summed E-state index contributed by atoms with van der Waals surface area (Å²) in [6.07, 6.45) is 1.88. The summed E-state index contributed by atoms with van der Waals surface area (Å²) in [7, 11) is -3.49. The molecule has 0 unspecified atom stereocenters. The van der Waals surface area contributed by atoms with Crippen molar-refractivity contribution in [2.45, 2.75) is 30.3 Å². The van der Waals surface area contributed by atoms with Crippen LogP contribution in [0.5, 0.6) is 0 Å². The fraction of sp³-hybridized carbons (Fsp3) is 0.286. The molecule has 3 nitrogen and oxygen atoms in total. The molecule has 3 rings (SSSR count). The molecule has 0 radical (unpaired) electrons. The van der Waals surface area contributed by atoms with Crippen LogP contribution in [0.2, 0.25) is 0 Å². The lowest BCUT2D eigenvalue weighted by atomic mass is 10.3. The van der Waals surface area contributed by atoms with Gasteiger partial charge in [-0.15, -0.1) is 0 Å². The van der Waals surface area contributed by atoms with E-state index in [1.807, 2.05) is 16.8 Å². The van der Waals surface area contributed by atoms with Gasteiger partial charge in [0, 0.05) is 21.5 Å². The highest BCUT2D eigenvalue weighted by Gasteiger charge is 2.38. The zero-order chi connectivity index (χ0) is 15.0. The number of hydrogen-bond acceptors (Lipinski definition) is 3. The van der Waals surface area contributed by atoms with Crippen LogP contribution >= 0.6 is 43.2 Å². The average Bonchev–Trinajstić information content (AvgIpc) is 3.11. The van der Waals surface area contributed by atoms with Gasteiger partial charge >= 0.3 is 0 Å². The molecule has 0 aliphatic heterocycles. The van der Waals surface area contributed by atoms with Crippen LogP contribution in [0.1, 0.15) is 18.4 Å². The summed E-state index contributed by atoms with van der Waals surface area (Å²) in [6.45, 7) is 0.443. The van der Waals surface area contributed by atoms with Crippen molar-refractivity contribution < 1.29 is 8.42 Å². The van der Waals surface area contributed by atoms with E-state index in [0.29, 0.717) is 15.9 Å². The number of thiophene rings is 1. The highest BCUT2D eigenvalue weighted by Crippen LogP contribution is 2.36. The highest BCUT2D eigenvalue weighted by atomic mass is 79.9. The fourth-order valence-corrected chi connectivity index (χ4v) is 6.19. The van der Waals surface area contributed by atoms with Gasteiger partial charge in [-0.25, -0.2) is 8.42 Å². The quantitative estimate of drug-likeness (QED) is 0.665. The molecule has 112 valence electrons. The van der Waals surface area contributed by atoms with Crippen molar-refractivity contribution in [2.75, 3.05) is 0 Å². The Labute approximate surface area is 145 Å². The van der Waals surface area contributed by atoms with Crippen LogP contribution < -0.4 is 0 Å². The van der Waals surface area contributed by atoms with E-state index in [2.05, 4.69) is 31.9 Å². The molecule has 1 fully saturated rings. The summed E-state index contributed by atoms with van der Waals surface area (Å²) in [5, 5.41) is 3.98. The average molecular weight is 451 g/mol. The van der Waals surface area contributed by atoms with Crippen LogP contribution in [0.15, 0.2) is 48.9 Å². The Morgan fingerprint density at radius 2 is 2.00 bits per heavy atom. The van der Waals surface area contributed by atoms with E-state index in [9.17, 15) is 8.42 Å². The molecule has 1 saturated carbocycles. The molecule has 1 aromatic carbocycles. The highest BCUT2D eigenvalue weighted by molar-refractivity contribution is 9.11. The van der Waals surface area contributed by atoms with Gasteiger partial charge in [0.2, 0.25) is 10.0 Å². The Kier molecular flexibility index (Phi) is 4.57. The predicted octanol–water partition coefficient (Wildman–Crippen LogP) is 4.63. The molecule has 0 atom stereocenters. The van der Waals surface area contributed by atoms with Crippen LogP contribution in [-0.2, 0) is 16.6 Å². The zero-order valence-electron chi connectivity index (χ0n) is 11.0. The Morgan fingerprint density at radius 1 is 1.24 bits per heavy atom. The van der Waals surface area contributed by atoms with E-state index in [4.69, 9.17) is 0 Å². The maximum Gasteiger partial charge on any atom is 0.244 e. The molecular formula is C14H13Br2NO2S2. The van der Waals surface area contributed by atoms with Crippen molar-refractivity contribution in [3.05, 3.63) is 49.5 Å². The second kappa shape index (κ2) is 6.12. The topological polar surface area (TPSA) is 37.4 Å². The van der Waals surface area contributed by atoms with Gasteiger partial charge in [-0.3, -0.25) is 0 Å². The smallest absolute Gasteiger partial charge is 0.207 e. The number of hydrogen-bond donors (Lipinski definition) is 0. The van der Waals surface area contributed by atoms with Gasteiger partial charge in [0.25, 0.3) is 0 Å². The van der Waals surface area contributed by atoms with Crippen molar-refractivity contribution in [1.29, 1.82) is 0 Å². The second-order valence-corrected chi connectivity index (χ2v) is 9.40. The van der Waals surface area contributed by atoms with E-state index in [1.54, 1.807) is 33.8 Å². The van der Waals surface area contributed by atoms with Crippen LogP contribution in [0.3, 0.4) is 0 Å². The lowest BCUT2D eigenvalue weighted by molar-refractivity contribution is 0.399. The van der Waals surface area contributed by atoms with Crippen molar-refractivity contribution >= 4 is 53.2 Å². The van der Waals surface area contributed by atoms with Crippen molar-refractivity contribution in [3.8, 4) is 0 Å². The molecule has 0 bridgehead atoms. The van der Waals surface area contributed by atoms with E-state index in [0.717, 1.165) is 22.9 Å². The van der Waals surface area contributed by atoms with Crippen molar-refractivity contribution in [1.82, 2.24) is 4.31 Å². The van der Waals surface area contributed by atoms with E-state index in [1.165, 1.54) is 0 Å².